The van der Waals surface area contributed by atoms with Crippen LogP contribution in [-0.2, 0) is 16.1 Å². The molecule has 0 heterocycles. The molecule has 2 aromatic rings. The molecule has 0 bridgehead atoms. The van der Waals surface area contributed by atoms with Crippen LogP contribution < -0.4 is 14.8 Å². The number of rotatable bonds is 10. The average Bonchev–Trinajstić information content (AvgIpc) is 2.75. The number of ether oxygens (including phenoxy) is 2. The molecule has 0 radical (unpaired) electrons. The van der Waals surface area contributed by atoms with Crippen LogP contribution in [0.5, 0.6) is 11.5 Å². The second-order valence-corrected chi connectivity index (χ2v) is 7.68. The monoisotopic (exact) mass is 426 g/mol. The molecule has 0 aromatic heterocycles. The minimum Gasteiger partial charge on any atom is -0.497 e. The van der Waals surface area contributed by atoms with E-state index in [2.05, 4.69) is 11.4 Å². The highest BCUT2D eigenvalue weighted by Gasteiger charge is 2.28. The Labute approximate surface area is 185 Å². The molecule has 1 N–H and O–H groups in total. The first kappa shape index (κ1) is 24.3. The summed E-state index contributed by atoms with van der Waals surface area (Å²) in [6, 6.07) is 10.9. The number of aryl methyl sites for hydroxylation is 2. The summed E-state index contributed by atoms with van der Waals surface area (Å²) < 4.78 is 11.1. The largest absolute Gasteiger partial charge is 0.497 e. The van der Waals surface area contributed by atoms with Crippen molar-refractivity contribution in [3.05, 3.63) is 58.7 Å². The maximum absolute atomic E-state index is 13.2. The zero-order chi connectivity index (χ0) is 23.0. The van der Waals surface area contributed by atoms with Crippen LogP contribution in [0.25, 0.3) is 0 Å². The molecule has 0 aliphatic rings. The molecule has 0 fully saturated rings. The summed E-state index contributed by atoms with van der Waals surface area (Å²) in [5.41, 5.74) is 4.12. The lowest BCUT2D eigenvalue weighted by Crippen LogP contribution is -2.50. The maximum Gasteiger partial charge on any atom is 0.261 e. The van der Waals surface area contributed by atoms with Crippen molar-refractivity contribution in [2.75, 3.05) is 20.3 Å². The molecule has 6 heteroatoms. The van der Waals surface area contributed by atoms with Crippen LogP contribution in [0.2, 0.25) is 0 Å². The predicted octanol–water partition coefficient (Wildman–Crippen LogP) is 3.94. The highest BCUT2D eigenvalue weighted by Crippen LogP contribution is 2.24. The zero-order valence-electron chi connectivity index (χ0n) is 19.5. The molecule has 168 valence electrons. The smallest absolute Gasteiger partial charge is 0.261 e. The third kappa shape index (κ3) is 6.48. The second kappa shape index (κ2) is 11.4. The number of likely N-dealkylation sites (N-methyl/N-ethyl adjacent to an activating group) is 1. The average molecular weight is 427 g/mol. The molecule has 0 aliphatic heterocycles. The Kier molecular flexibility index (Phi) is 8.91. The van der Waals surface area contributed by atoms with Crippen molar-refractivity contribution >= 4 is 11.8 Å². The van der Waals surface area contributed by atoms with Gasteiger partial charge in [0.1, 0.15) is 17.5 Å². The first-order valence-corrected chi connectivity index (χ1v) is 10.7. The van der Waals surface area contributed by atoms with E-state index < -0.39 is 6.04 Å². The van der Waals surface area contributed by atoms with Crippen molar-refractivity contribution in [2.45, 2.75) is 53.6 Å². The first-order valence-electron chi connectivity index (χ1n) is 10.7. The van der Waals surface area contributed by atoms with Gasteiger partial charge in [0.15, 0.2) is 6.61 Å². The van der Waals surface area contributed by atoms with E-state index in [0.29, 0.717) is 25.3 Å². The Balaban J connectivity index is 2.25. The van der Waals surface area contributed by atoms with Crippen molar-refractivity contribution in [1.29, 1.82) is 0 Å². The molecular formula is C25H34N2O4. The van der Waals surface area contributed by atoms with Crippen molar-refractivity contribution < 1.29 is 19.1 Å². The van der Waals surface area contributed by atoms with E-state index in [-0.39, 0.29) is 18.4 Å². The third-order valence-corrected chi connectivity index (χ3v) is 5.36. The number of hydrogen-bond acceptors (Lipinski definition) is 4. The SMILES string of the molecule is CCNC(=O)[C@H](CC)N(Cc1ccc(OC)cc1)C(=O)COc1cc(C)cc(C)c1C. The number of benzene rings is 2. The van der Waals surface area contributed by atoms with Crippen LogP contribution in [0.1, 0.15) is 42.5 Å². The van der Waals surface area contributed by atoms with Crippen LogP contribution in [0.3, 0.4) is 0 Å². The molecule has 31 heavy (non-hydrogen) atoms. The van der Waals surface area contributed by atoms with Gasteiger partial charge in [-0.1, -0.05) is 25.1 Å². The standard InChI is InChI=1S/C25H34N2O4/c1-7-22(25(29)26-8-2)27(15-20-9-11-21(30-6)12-10-20)24(28)16-31-23-14-17(3)13-18(4)19(23)5/h9-14,22H,7-8,15-16H2,1-6H3,(H,26,29)/t22-/m0/s1. The van der Waals surface area contributed by atoms with Crippen LogP contribution >= 0.6 is 0 Å². The topological polar surface area (TPSA) is 67.9 Å². The van der Waals surface area contributed by atoms with Crippen LogP contribution in [0.15, 0.2) is 36.4 Å². The van der Waals surface area contributed by atoms with E-state index in [1.807, 2.05) is 65.0 Å². The maximum atomic E-state index is 13.2. The lowest BCUT2D eigenvalue weighted by atomic mass is 10.1. The summed E-state index contributed by atoms with van der Waals surface area (Å²) >= 11 is 0. The highest BCUT2D eigenvalue weighted by molar-refractivity contribution is 5.88. The Morgan fingerprint density at radius 2 is 1.74 bits per heavy atom. The molecular weight excluding hydrogens is 392 g/mol. The number of amides is 2. The molecule has 2 rings (SSSR count). The first-order chi connectivity index (χ1) is 14.8. The molecule has 1 atom stereocenters. The summed E-state index contributed by atoms with van der Waals surface area (Å²) in [4.78, 5) is 27.5. The number of hydrogen-bond donors (Lipinski definition) is 1. The number of carbonyl (C=O) groups excluding carboxylic acids is 2. The zero-order valence-corrected chi connectivity index (χ0v) is 19.5. The Bertz CT molecular complexity index is 893. The molecule has 2 amide bonds. The summed E-state index contributed by atoms with van der Waals surface area (Å²) in [6.45, 7) is 10.5. The summed E-state index contributed by atoms with van der Waals surface area (Å²) in [5.74, 6) is 1.05. The number of methoxy groups -OCH3 is 1. The fourth-order valence-corrected chi connectivity index (χ4v) is 3.51. The molecule has 0 unspecified atom stereocenters. The van der Waals surface area contributed by atoms with Crippen LogP contribution in [-0.4, -0.2) is 43.0 Å². The fraction of sp³-hybridized carbons (Fsp3) is 0.440. The van der Waals surface area contributed by atoms with Gasteiger partial charge in [0.25, 0.3) is 5.91 Å². The highest BCUT2D eigenvalue weighted by atomic mass is 16.5. The van der Waals surface area contributed by atoms with Crippen molar-refractivity contribution in [3.63, 3.8) is 0 Å². The molecule has 2 aromatic carbocycles. The minimum atomic E-state index is -0.571. The molecule has 0 saturated carbocycles. The van der Waals surface area contributed by atoms with Gasteiger partial charge in [-0.3, -0.25) is 9.59 Å². The number of nitrogens with zero attached hydrogens (tertiary/aromatic N) is 1. The van der Waals surface area contributed by atoms with Gasteiger partial charge in [0.2, 0.25) is 5.91 Å². The summed E-state index contributed by atoms with van der Waals surface area (Å²) in [7, 11) is 1.61. The van der Waals surface area contributed by atoms with E-state index in [1.165, 1.54) is 0 Å². The van der Waals surface area contributed by atoms with Gasteiger partial charge < -0.3 is 19.7 Å². The van der Waals surface area contributed by atoms with Crippen LogP contribution in [0, 0.1) is 20.8 Å². The molecule has 6 nitrogen and oxygen atoms in total. The van der Waals surface area contributed by atoms with E-state index in [0.717, 1.165) is 28.0 Å². The minimum absolute atomic E-state index is 0.129. The van der Waals surface area contributed by atoms with Gasteiger partial charge in [-0.05, 0) is 74.6 Å². The lowest BCUT2D eigenvalue weighted by molar-refractivity contribution is -0.142. The molecule has 0 aliphatic carbocycles. The second-order valence-electron chi connectivity index (χ2n) is 7.68. The van der Waals surface area contributed by atoms with Gasteiger partial charge in [-0.15, -0.1) is 0 Å². The van der Waals surface area contributed by atoms with E-state index in [4.69, 9.17) is 9.47 Å². The van der Waals surface area contributed by atoms with E-state index in [9.17, 15) is 9.59 Å². The normalized spacial score (nSPS) is 11.5. The van der Waals surface area contributed by atoms with Crippen molar-refractivity contribution in [3.8, 4) is 11.5 Å². The van der Waals surface area contributed by atoms with Gasteiger partial charge in [-0.2, -0.15) is 0 Å². The molecule has 0 spiro atoms. The van der Waals surface area contributed by atoms with Crippen molar-refractivity contribution in [2.24, 2.45) is 0 Å². The Morgan fingerprint density at radius 3 is 2.32 bits per heavy atom. The number of nitrogens with one attached hydrogen (secondary N) is 1. The fourth-order valence-electron chi connectivity index (χ4n) is 3.51. The predicted molar refractivity (Wildman–Crippen MR) is 122 cm³/mol. The van der Waals surface area contributed by atoms with Gasteiger partial charge >= 0.3 is 0 Å². The summed E-state index contributed by atoms with van der Waals surface area (Å²) in [6.07, 6.45) is 0.510. The Hall–Kier alpha value is -3.02. The Morgan fingerprint density at radius 1 is 1.06 bits per heavy atom. The van der Waals surface area contributed by atoms with Gasteiger partial charge in [0, 0.05) is 13.1 Å². The quantitative estimate of drug-likeness (QED) is 0.625. The lowest BCUT2D eigenvalue weighted by Gasteiger charge is -2.30. The van der Waals surface area contributed by atoms with E-state index in [1.54, 1.807) is 12.0 Å². The van der Waals surface area contributed by atoms with Crippen LogP contribution in [0.4, 0.5) is 0 Å². The summed E-state index contributed by atoms with van der Waals surface area (Å²) in [5, 5.41) is 2.84. The van der Waals surface area contributed by atoms with E-state index >= 15 is 0 Å². The van der Waals surface area contributed by atoms with Gasteiger partial charge in [0.05, 0.1) is 7.11 Å². The molecule has 0 saturated heterocycles. The van der Waals surface area contributed by atoms with Gasteiger partial charge in [-0.25, -0.2) is 0 Å². The number of carbonyl (C=O) groups is 2. The third-order valence-electron chi connectivity index (χ3n) is 5.36. The van der Waals surface area contributed by atoms with Crippen molar-refractivity contribution in [1.82, 2.24) is 10.2 Å².